The normalized spacial score (nSPS) is 21.0. The van der Waals surface area contributed by atoms with Gasteiger partial charge in [0.05, 0.1) is 29.5 Å². The van der Waals surface area contributed by atoms with Crippen molar-refractivity contribution >= 4 is 21.6 Å². The maximum atomic E-state index is 5.72. The van der Waals surface area contributed by atoms with Crippen LogP contribution in [0, 0.1) is 0 Å². The summed E-state index contributed by atoms with van der Waals surface area (Å²) in [5.74, 6) is 0. The van der Waals surface area contributed by atoms with Gasteiger partial charge in [0.15, 0.2) is 0 Å². The van der Waals surface area contributed by atoms with Crippen LogP contribution in [0.2, 0.25) is 0 Å². The second-order valence-corrected chi connectivity index (χ2v) is 5.98. The Hall–Kier alpha value is -1.01. The summed E-state index contributed by atoms with van der Waals surface area (Å²) in [4.78, 5) is 7.13. The lowest BCUT2D eigenvalue weighted by atomic mass is 10.2. The lowest BCUT2D eigenvalue weighted by Gasteiger charge is -2.32. The van der Waals surface area contributed by atoms with E-state index in [1.54, 1.807) is 11.3 Å². The van der Waals surface area contributed by atoms with Gasteiger partial charge in [-0.2, -0.15) is 0 Å². The first kappa shape index (κ1) is 13.0. The van der Waals surface area contributed by atoms with Crippen LogP contribution in [0.4, 0.5) is 0 Å². The second-order valence-electron chi connectivity index (χ2n) is 4.86. The molecule has 0 saturated carbocycles. The summed E-state index contributed by atoms with van der Waals surface area (Å²) in [6.45, 7) is 4.64. The van der Waals surface area contributed by atoms with Crippen LogP contribution in [0.3, 0.4) is 0 Å². The van der Waals surface area contributed by atoms with Crippen molar-refractivity contribution in [2.24, 2.45) is 0 Å². The number of benzene rings is 1. The maximum absolute atomic E-state index is 5.72. The van der Waals surface area contributed by atoms with Crippen molar-refractivity contribution in [3.05, 3.63) is 29.3 Å². The van der Waals surface area contributed by atoms with Crippen molar-refractivity contribution in [2.45, 2.75) is 12.6 Å². The first-order valence-corrected chi connectivity index (χ1v) is 7.50. The fourth-order valence-corrected chi connectivity index (χ4v) is 3.46. The molecule has 4 nitrogen and oxygen atoms in total. The van der Waals surface area contributed by atoms with Crippen LogP contribution in [-0.4, -0.2) is 49.3 Å². The van der Waals surface area contributed by atoms with Crippen molar-refractivity contribution in [2.75, 3.05) is 33.3 Å². The number of ether oxygens (including phenoxy) is 1. The van der Waals surface area contributed by atoms with E-state index < -0.39 is 0 Å². The molecule has 1 saturated heterocycles. The molecule has 1 atom stereocenters. The molecule has 19 heavy (non-hydrogen) atoms. The molecule has 0 bridgehead atoms. The molecule has 1 aromatic heterocycles. The highest BCUT2D eigenvalue weighted by molar-refractivity contribution is 7.18. The monoisotopic (exact) mass is 277 g/mol. The van der Waals surface area contributed by atoms with Gasteiger partial charge in [0.1, 0.15) is 5.01 Å². The van der Waals surface area contributed by atoms with Crippen LogP contribution >= 0.6 is 11.3 Å². The summed E-state index contributed by atoms with van der Waals surface area (Å²) in [5.41, 5.74) is 1.11. The molecule has 0 spiro atoms. The van der Waals surface area contributed by atoms with Gasteiger partial charge >= 0.3 is 0 Å². The molecule has 0 radical (unpaired) electrons. The van der Waals surface area contributed by atoms with Crippen molar-refractivity contribution in [1.29, 1.82) is 0 Å². The van der Waals surface area contributed by atoms with Crippen molar-refractivity contribution in [1.82, 2.24) is 15.2 Å². The molecule has 1 aliphatic rings. The summed E-state index contributed by atoms with van der Waals surface area (Å²) >= 11 is 1.80. The molecular weight excluding hydrogens is 258 g/mol. The zero-order valence-electron chi connectivity index (χ0n) is 11.1. The van der Waals surface area contributed by atoms with Crippen molar-refractivity contribution in [3.63, 3.8) is 0 Å². The number of aromatic nitrogens is 1. The Morgan fingerprint density at radius 1 is 1.47 bits per heavy atom. The molecule has 1 fully saturated rings. The average molecular weight is 277 g/mol. The molecule has 1 aromatic carbocycles. The Bertz CT molecular complexity index is 507. The van der Waals surface area contributed by atoms with Gasteiger partial charge in [0.2, 0.25) is 0 Å². The van der Waals surface area contributed by atoms with Crippen molar-refractivity contribution < 1.29 is 4.74 Å². The highest BCUT2D eigenvalue weighted by Gasteiger charge is 2.20. The fraction of sp³-hybridized carbons (Fsp3) is 0.500. The second kappa shape index (κ2) is 5.96. The van der Waals surface area contributed by atoms with Gasteiger partial charge in [-0.15, -0.1) is 11.3 Å². The highest BCUT2D eigenvalue weighted by Crippen LogP contribution is 2.23. The van der Waals surface area contributed by atoms with Gasteiger partial charge in [0.25, 0.3) is 0 Å². The van der Waals surface area contributed by atoms with E-state index in [0.29, 0.717) is 6.10 Å². The van der Waals surface area contributed by atoms with Gasteiger partial charge in [-0.05, 0) is 19.2 Å². The smallest absolute Gasteiger partial charge is 0.108 e. The van der Waals surface area contributed by atoms with E-state index in [2.05, 4.69) is 28.4 Å². The van der Waals surface area contributed by atoms with Crippen molar-refractivity contribution in [3.8, 4) is 0 Å². The number of para-hydroxylation sites is 1. The minimum Gasteiger partial charge on any atom is -0.374 e. The largest absolute Gasteiger partial charge is 0.374 e. The number of fused-ring (bicyclic) bond motifs is 1. The van der Waals surface area contributed by atoms with E-state index in [9.17, 15) is 0 Å². The van der Waals surface area contributed by atoms with E-state index in [4.69, 9.17) is 9.72 Å². The van der Waals surface area contributed by atoms with E-state index >= 15 is 0 Å². The first-order valence-electron chi connectivity index (χ1n) is 6.68. The number of hydrogen-bond donors (Lipinski definition) is 1. The lowest BCUT2D eigenvalue weighted by molar-refractivity contribution is -0.0291. The molecule has 3 rings (SSSR count). The molecule has 0 aliphatic carbocycles. The number of nitrogens with zero attached hydrogens (tertiary/aromatic N) is 2. The van der Waals surface area contributed by atoms with Crippen LogP contribution in [0.5, 0.6) is 0 Å². The lowest BCUT2D eigenvalue weighted by Crippen LogP contribution is -2.45. The summed E-state index contributed by atoms with van der Waals surface area (Å²) in [6, 6.07) is 8.34. The van der Waals surface area contributed by atoms with Gasteiger partial charge in [-0.3, -0.25) is 4.90 Å². The third-order valence-electron chi connectivity index (χ3n) is 3.35. The molecule has 1 aliphatic heterocycles. The Labute approximate surface area is 117 Å². The van der Waals surface area contributed by atoms with Crippen LogP contribution < -0.4 is 5.32 Å². The van der Waals surface area contributed by atoms with Gasteiger partial charge in [-0.25, -0.2) is 4.98 Å². The molecule has 1 N–H and O–H groups in total. The number of likely N-dealkylation sites (N-methyl/N-ethyl adjacent to an activating group) is 1. The topological polar surface area (TPSA) is 37.4 Å². The number of rotatable bonds is 4. The molecule has 2 heterocycles. The Balaban J connectivity index is 1.67. The SMILES string of the molecule is CNCC1CN(Cc2nc3ccccc3s2)CCO1. The number of nitrogens with one attached hydrogen (secondary N) is 1. The zero-order valence-corrected chi connectivity index (χ0v) is 11.9. The van der Waals surface area contributed by atoms with Crippen LogP contribution in [0.15, 0.2) is 24.3 Å². The molecule has 2 aromatic rings. The van der Waals surface area contributed by atoms with E-state index in [-0.39, 0.29) is 0 Å². The minimum atomic E-state index is 0.299. The summed E-state index contributed by atoms with van der Waals surface area (Å²) < 4.78 is 7.00. The summed E-state index contributed by atoms with van der Waals surface area (Å²) in [5, 5.41) is 4.38. The molecule has 0 amide bonds. The molecular formula is C14H19N3OS. The maximum Gasteiger partial charge on any atom is 0.108 e. The summed E-state index contributed by atoms with van der Waals surface area (Å²) in [6.07, 6.45) is 0.299. The first-order chi connectivity index (χ1) is 9.35. The third-order valence-corrected chi connectivity index (χ3v) is 4.37. The van der Waals surface area contributed by atoms with Gasteiger partial charge in [-0.1, -0.05) is 12.1 Å². The quantitative estimate of drug-likeness (QED) is 0.923. The van der Waals surface area contributed by atoms with E-state index in [1.165, 1.54) is 9.71 Å². The molecule has 1 unspecified atom stereocenters. The zero-order chi connectivity index (χ0) is 13.1. The van der Waals surface area contributed by atoms with Crippen LogP contribution in [0.1, 0.15) is 5.01 Å². The third kappa shape index (κ3) is 3.12. The molecule has 5 heteroatoms. The fourth-order valence-electron chi connectivity index (χ4n) is 2.45. The van der Waals surface area contributed by atoms with Gasteiger partial charge in [0, 0.05) is 19.6 Å². The van der Waals surface area contributed by atoms with Gasteiger partial charge < -0.3 is 10.1 Å². The van der Waals surface area contributed by atoms with Crippen LogP contribution in [0.25, 0.3) is 10.2 Å². The minimum absolute atomic E-state index is 0.299. The Morgan fingerprint density at radius 3 is 3.21 bits per heavy atom. The van der Waals surface area contributed by atoms with E-state index in [0.717, 1.165) is 38.3 Å². The number of morpholine rings is 1. The van der Waals surface area contributed by atoms with E-state index in [1.807, 2.05) is 13.1 Å². The Morgan fingerprint density at radius 2 is 2.37 bits per heavy atom. The molecule has 102 valence electrons. The average Bonchev–Trinajstić information content (AvgIpc) is 2.81. The number of thiazole rings is 1. The number of hydrogen-bond acceptors (Lipinski definition) is 5. The highest BCUT2D eigenvalue weighted by atomic mass is 32.1. The predicted molar refractivity (Wildman–Crippen MR) is 78.6 cm³/mol. The summed E-state index contributed by atoms with van der Waals surface area (Å²) in [7, 11) is 1.97. The van der Waals surface area contributed by atoms with Crippen LogP contribution in [-0.2, 0) is 11.3 Å². The Kier molecular flexibility index (Phi) is 4.08. The predicted octanol–water partition coefficient (Wildman–Crippen LogP) is 1.72. The standard InChI is InChI=1S/C14H19N3OS/c1-15-8-11-9-17(6-7-18-11)10-14-16-12-4-2-3-5-13(12)19-14/h2-5,11,15H,6-10H2,1H3.